The van der Waals surface area contributed by atoms with E-state index in [4.69, 9.17) is 4.74 Å². The average molecular weight is 357 g/mol. The summed E-state index contributed by atoms with van der Waals surface area (Å²) in [5.74, 6) is -0.158. The molecule has 0 radical (unpaired) electrons. The highest BCUT2D eigenvalue weighted by Crippen LogP contribution is 2.30. The highest BCUT2D eigenvalue weighted by molar-refractivity contribution is 7.15. The molecule has 8 heteroatoms. The Hall–Kier alpha value is -2.58. The molecule has 0 saturated carbocycles. The van der Waals surface area contributed by atoms with Crippen molar-refractivity contribution in [3.63, 3.8) is 0 Å². The van der Waals surface area contributed by atoms with Gasteiger partial charge in [0.05, 0.1) is 12.3 Å². The molecule has 0 saturated heterocycles. The maximum absolute atomic E-state index is 12.6. The molecule has 2 aromatic heterocycles. The number of thiophene rings is 1. The van der Waals surface area contributed by atoms with Crippen molar-refractivity contribution in [3.8, 4) is 16.1 Å². The topological polar surface area (TPSA) is 81.9 Å². The minimum atomic E-state index is -0.158. The zero-order chi connectivity index (χ0) is 17.8. The predicted octanol–water partition coefficient (Wildman–Crippen LogP) is 2.46. The van der Waals surface area contributed by atoms with Crippen molar-refractivity contribution < 1.29 is 9.53 Å². The second-order valence-electron chi connectivity index (χ2n) is 5.76. The van der Waals surface area contributed by atoms with Crippen LogP contribution in [0.1, 0.15) is 22.2 Å². The van der Waals surface area contributed by atoms with Gasteiger partial charge in [-0.1, -0.05) is 0 Å². The van der Waals surface area contributed by atoms with E-state index < -0.39 is 0 Å². The molecule has 1 atom stereocenters. The van der Waals surface area contributed by atoms with Crippen LogP contribution in [-0.4, -0.2) is 45.9 Å². The lowest BCUT2D eigenvalue weighted by atomic mass is 10.1. The molecule has 1 aromatic carbocycles. The van der Waals surface area contributed by atoms with Crippen LogP contribution in [0, 0.1) is 6.92 Å². The number of aryl methyl sites for hydroxylation is 1. The largest absolute Gasteiger partial charge is 0.383 e. The molecular weight excluding hydrogens is 338 g/mol. The number of nitrogens with one attached hydrogen (secondary N) is 1. The van der Waals surface area contributed by atoms with Crippen molar-refractivity contribution in [2.24, 2.45) is 0 Å². The van der Waals surface area contributed by atoms with Crippen molar-refractivity contribution in [3.05, 3.63) is 47.1 Å². The summed E-state index contributed by atoms with van der Waals surface area (Å²) < 4.78 is 6.62. The predicted molar refractivity (Wildman–Crippen MR) is 96.0 cm³/mol. The van der Waals surface area contributed by atoms with Gasteiger partial charge in [0.2, 0.25) is 0 Å². The Balaban J connectivity index is 1.99. The van der Waals surface area contributed by atoms with Gasteiger partial charge in [0.25, 0.3) is 5.91 Å². The number of nitrogens with zero attached hydrogens (tertiary/aromatic N) is 4. The average Bonchev–Trinajstić information content (AvgIpc) is 3.26. The van der Waals surface area contributed by atoms with Gasteiger partial charge in [-0.25, -0.2) is 4.68 Å². The molecule has 1 unspecified atom stereocenters. The van der Waals surface area contributed by atoms with Crippen molar-refractivity contribution in [2.75, 3.05) is 13.7 Å². The molecule has 2 heterocycles. The number of aromatic nitrogens is 4. The third-order valence-electron chi connectivity index (χ3n) is 3.61. The number of hydrogen-bond donors (Lipinski definition) is 1. The minimum Gasteiger partial charge on any atom is -0.383 e. The first-order valence-corrected chi connectivity index (χ1v) is 8.63. The van der Waals surface area contributed by atoms with Gasteiger partial charge >= 0.3 is 0 Å². The number of methoxy groups -OCH3 is 1. The lowest BCUT2D eigenvalue weighted by molar-refractivity contribution is 0.0905. The molecule has 1 amide bonds. The normalized spacial score (nSPS) is 12.1. The highest BCUT2D eigenvalue weighted by atomic mass is 32.1. The molecule has 0 bridgehead atoms. The third kappa shape index (κ3) is 4.09. The number of rotatable bonds is 6. The first-order chi connectivity index (χ1) is 12.1. The van der Waals surface area contributed by atoms with Crippen LogP contribution in [0.2, 0.25) is 0 Å². The zero-order valence-electron chi connectivity index (χ0n) is 14.3. The molecule has 25 heavy (non-hydrogen) atoms. The molecule has 0 aliphatic rings. The summed E-state index contributed by atoms with van der Waals surface area (Å²) in [5, 5.41) is 14.2. The molecule has 130 valence electrons. The number of ether oxygens (including phenoxy) is 1. The molecule has 1 N–H and O–H groups in total. The van der Waals surface area contributed by atoms with Gasteiger partial charge in [-0.15, -0.1) is 16.4 Å². The number of hydrogen-bond acceptors (Lipinski definition) is 6. The van der Waals surface area contributed by atoms with E-state index in [9.17, 15) is 4.79 Å². The van der Waals surface area contributed by atoms with Crippen LogP contribution < -0.4 is 5.32 Å². The van der Waals surface area contributed by atoms with Crippen molar-refractivity contribution in [2.45, 2.75) is 19.9 Å². The summed E-state index contributed by atoms with van der Waals surface area (Å²) in [6.45, 7) is 4.41. The maximum atomic E-state index is 12.6. The Morgan fingerprint density at radius 2 is 2.20 bits per heavy atom. The SMILES string of the molecule is COCC(C)NC(=O)c1cc(-c2ccc(C)s2)cc(-n2cnnn2)c1. The van der Waals surface area contributed by atoms with Gasteiger partial charge in [0.15, 0.2) is 0 Å². The van der Waals surface area contributed by atoms with Crippen LogP contribution in [-0.2, 0) is 4.74 Å². The molecule has 0 fully saturated rings. The highest BCUT2D eigenvalue weighted by Gasteiger charge is 2.14. The van der Waals surface area contributed by atoms with E-state index in [1.807, 2.05) is 25.1 Å². The van der Waals surface area contributed by atoms with Crippen molar-refractivity contribution in [1.29, 1.82) is 0 Å². The lowest BCUT2D eigenvalue weighted by Gasteiger charge is -2.14. The monoisotopic (exact) mass is 357 g/mol. The van der Waals surface area contributed by atoms with Crippen LogP contribution in [0.4, 0.5) is 0 Å². The Kier molecular flexibility index (Phi) is 5.20. The number of tetrazole rings is 1. The molecule has 0 spiro atoms. The molecule has 7 nitrogen and oxygen atoms in total. The quantitative estimate of drug-likeness (QED) is 0.733. The fourth-order valence-corrected chi connectivity index (χ4v) is 3.34. The van der Waals surface area contributed by atoms with Gasteiger partial charge in [0, 0.05) is 28.5 Å². The summed E-state index contributed by atoms with van der Waals surface area (Å²) in [7, 11) is 1.61. The summed E-state index contributed by atoms with van der Waals surface area (Å²) in [6.07, 6.45) is 1.51. The van der Waals surface area contributed by atoms with E-state index in [1.54, 1.807) is 29.2 Å². The van der Waals surface area contributed by atoms with Gasteiger partial charge in [0.1, 0.15) is 6.33 Å². The standard InChI is InChI=1S/C17H19N5O2S/c1-11(9-24-3)19-17(23)14-6-13(16-5-4-12(2)25-16)7-15(8-14)22-10-18-20-21-22/h4-8,10-11H,9H2,1-3H3,(H,19,23). The first kappa shape index (κ1) is 17.2. The van der Waals surface area contributed by atoms with E-state index in [0.29, 0.717) is 12.2 Å². The summed E-state index contributed by atoms with van der Waals surface area (Å²) >= 11 is 1.68. The lowest BCUT2D eigenvalue weighted by Crippen LogP contribution is -2.35. The zero-order valence-corrected chi connectivity index (χ0v) is 15.1. The van der Waals surface area contributed by atoms with Crippen LogP contribution >= 0.6 is 11.3 Å². The van der Waals surface area contributed by atoms with Crippen LogP contribution in [0.5, 0.6) is 0 Å². The van der Waals surface area contributed by atoms with E-state index in [2.05, 4.69) is 33.8 Å². The number of carbonyl (C=O) groups excluding carboxylic acids is 1. The van der Waals surface area contributed by atoms with Crippen molar-refractivity contribution in [1.82, 2.24) is 25.5 Å². The van der Waals surface area contributed by atoms with Crippen molar-refractivity contribution >= 4 is 17.2 Å². The summed E-state index contributed by atoms with van der Waals surface area (Å²) in [4.78, 5) is 14.9. The molecular formula is C17H19N5O2S. The Labute approximate surface area is 149 Å². The van der Waals surface area contributed by atoms with E-state index in [-0.39, 0.29) is 11.9 Å². The number of carbonyl (C=O) groups is 1. The third-order valence-corrected chi connectivity index (χ3v) is 4.66. The Morgan fingerprint density at radius 1 is 1.36 bits per heavy atom. The first-order valence-electron chi connectivity index (χ1n) is 7.82. The van der Waals surface area contributed by atoms with E-state index >= 15 is 0 Å². The fraction of sp³-hybridized carbons (Fsp3) is 0.294. The Morgan fingerprint density at radius 3 is 2.84 bits per heavy atom. The van der Waals surface area contributed by atoms with E-state index in [1.165, 1.54) is 11.2 Å². The molecule has 0 aliphatic heterocycles. The van der Waals surface area contributed by atoms with E-state index in [0.717, 1.165) is 16.1 Å². The van der Waals surface area contributed by atoms with Crippen LogP contribution in [0.15, 0.2) is 36.7 Å². The van der Waals surface area contributed by atoms with Gasteiger partial charge in [-0.2, -0.15) is 0 Å². The van der Waals surface area contributed by atoms with Crippen LogP contribution in [0.3, 0.4) is 0 Å². The number of amides is 1. The van der Waals surface area contributed by atoms with Gasteiger partial charge < -0.3 is 10.1 Å². The fourth-order valence-electron chi connectivity index (χ4n) is 2.48. The van der Waals surface area contributed by atoms with Gasteiger partial charge in [-0.05, 0) is 60.2 Å². The summed E-state index contributed by atoms with van der Waals surface area (Å²) in [5.41, 5.74) is 2.24. The summed E-state index contributed by atoms with van der Waals surface area (Å²) in [6, 6.07) is 9.65. The van der Waals surface area contributed by atoms with Crippen LogP contribution in [0.25, 0.3) is 16.1 Å². The smallest absolute Gasteiger partial charge is 0.251 e. The minimum absolute atomic E-state index is 0.0818. The molecule has 3 aromatic rings. The van der Waals surface area contributed by atoms with Gasteiger partial charge in [-0.3, -0.25) is 4.79 Å². The molecule has 3 rings (SSSR count). The molecule has 0 aliphatic carbocycles. The Bertz CT molecular complexity index is 860. The maximum Gasteiger partial charge on any atom is 0.251 e. The second kappa shape index (κ2) is 7.54. The second-order valence-corrected chi connectivity index (χ2v) is 7.05. The number of benzene rings is 1.